The summed E-state index contributed by atoms with van der Waals surface area (Å²) in [6, 6.07) is 0. The summed E-state index contributed by atoms with van der Waals surface area (Å²) in [7, 11) is 0. The topological polar surface area (TPSA) is 55.8 Å². The number of carboxylic acid groups (broad SMARTS) is 1. The molecule has 0 amide bonds. The maximum atomic E-state index is 10.6. The number of ether oxygens (including phenoxy) is 2. The van der Waals surface area contributed by atoms with Crippen LogP contribution < -0.4 is 0 Å². The maximum Gasteiger partial charge on any atom is 0.303 e. The molecule has 4 heteroatoms. The molecule has 1 aliphatic heterocycles. The van der Waals surface area contributed by atoms with E-state index in [2.05, 4.69) is 6.92 Å². The molecular weight excluding hydrogens is 208 g/mol. The third kappa shape index (κ3) is 2.55. The third-order valence-corrected chi connectivity index (χ3v) is 3.70. The van der Waals surface area contributed by atoms with Gasteiger partial charge in [-0.25, -0.2) is 0 Å². The lowest BCUT2D eigenvalue weighted by atomic mass is 9.83. The molecule has 1 saturated heterocycles. The van der Waals surface area contributed by atoms with E-state index in [0.29, 0.717) is 12.5 Å². The van der Waals surface area contributed by atoms with Crippen molar-refractivity contribution in [1.82, 2.24) is 0 Å². The second kappa shape index (κ2) is 4.72. The first kappa shape index (κ1) is 11.9. The normalized spacial score (nSPS) is 39.1. The summed E-state index contributed by atoms with van der Waals surface area (Å²) in [5.74, 6) is -0.771. The Morgan fingerprint density at radius 2 is 2.12 bits per heavy atom. The lowest BCUT2D eigenvalue weighted by Crippen LogP contribution is -2.36. The SMILES string of the molecule is CCC1COC2(CCC(CC(=O)O)CC2)O1. The van der Waals surface area contributed by atoms with E-state index in [1.807, 2.05) is 0 Å². The van der Waals surface area contributed by atoms with Crippen molar-refractivity contribution in [3.05, 3.63) is 0 Å². The summed E-state index contributed by atoms with van der Waals surface area (Å²) in [5.41, 5.74) is 0. The number of carbonyl (C=O) groups is 1. The smallest absolute Gasteiger partial charge is 0.303 e. The minimum absolute atomic E-state index is 0.232. The predicted octanol–water partition coefficient (Wildman–Crippen LogP) is 2.17. The number of carboxylic acids is 1. The molecule has 16 heavy (non-hydrogen) atoms. The molecule has 1 heterocycles. The maximum absolute atomic E-state index is 10.6. The summed E-state index contributed by atoms with van der Waals surface area (Å²) in [4.78, 5) is 10.6. The summed E-state index contributed by atoms with van der Waals surface area (Å²) >= 11 is 0. The summed E-state index contributed by atoms with van der Waals surface area (Å²) in [6.45, 7) is 2.79. The predicted molar refractivity (Wildman–Crippen MR) is 58.1 cm³/mol. The molecule has 1 N–H and O–H groups in total. The first-order valence-electron chi connectivity index (χ1n) is 6.17. The molecule has 2 aliphatic rings. The van der Waals surface area contributed by atoms with E-state index in [4.69, 9.17) is 14.6 Å². The average molecular weight is 228 g/mol. The van der Waals surface area contributed by atoms with Crippen molar-refractivity contribution < 1.29 is 19.4 Å². The van der Waals surface area contributed by atoms with E-state index in [0.717, 1.165) is 32.1 Å². The molecular formula is C12H20O4. The van der Waals surface area contributed by atoms with Crippen molar-refractivity contribution in [2.75, 3.05) is 6.61 Å². The molecule has 1 aliphatic carbocycles. The molecule has 1 unspecified atom stereocenters. The fourth-order valence-electron chi connectivity index (χ4n) is 2.65. The molecule has 0 aromatic carbocycles. The van der Waals surface area contributed by atoms with Gasteiger partial charge in [0.15, 0.2) is 5.79 Å². The lowest BCUT2D eigenvalue weighted by Gasteiger charge is -2.35. The van der Waals surface area contributed by atoms with E-state index in [-0.39, 0.29) is 18.3 Å². The van der Waals surface area contributed by atoms with Crippen LogP contribution in [0.1, 0.15) is 45.4 Å². The fourth-order valence-corrected chi connectivity index (χ4v) is 2.65. The standard InChI is InChI=1S/C12H20O4/c1-2-10-8-15-12(16-10)5-3-9(4-6-12)7-11(13)14/h9-10H,2-8H2,1H3,(H,13,14). The van der Waals surface area contributed by atoms with Gasteiger partial charge in [0.2, 0.25) is 0 Å². The van der Waals surface area contributed by atoms with Crippen LogP contribution in [-0.2, 0) is 14.3 Å². The van der Waals surface area contributed by atoms with E-state index >= 15 is 0 Å². The molecule has 4 nitrogen and oxygen atoms in total. The van der Waals surface area contributed by atoms with Crippen LogP contribution in [0.3, 0.4) is 0 Å². The van der Waals surface area contributed by atoms with Gasteiger partial charge in [-0.2, -0.15) is 0 Å². The first-order chi connectivity index (χ1) is 7.63. The van der Waals surface area contributed by atoms with Gasteiger partial charge in [-0.1, -0.05) is 6.92 Å². The Balaban J connectivity index is 1.83. The fraction of sp³-hybridized carbons (Fsp3) is 0.917. The molecule has 1 spiro atoms. The molecule has 0 radical (unpaired) electrons. The van der Waals surface area contributed by atoms with Crippen LogP contribution in [0.15, 0.2) is 0 Å². The summed E-state index contributed by atoms with van der Waals surface area (Å²) in [5, 5.41) is 8.74. The monoisotopic (exact) mass is 228 g/mol. The second-order valence-corrected chi connectivity index (χ2v) is 4.91. The van der Waals surface area contributed by atoms with Gasteiger partial charge in [-0.3, -0.25) is 4.79 Å². The van der Waals surface area contributed by atoms with Crippen molar-refractivity contribution in [2.45, 2.75) is 57.3 Å². The van der Waals surface area contributed by atoms with Crippen molar-refractivity contribution in [1.29, 1.82) is 0 Å². The Labute approximate surface area is 95.9 Å². The molecule has 2 rings (SSSR count). The van der Waals surface area contributed by atoms with Gasteiger partial charge in [0.1, 0.15) is 0 Å². The van der Waals surface area contributed by atoms with Crippen LogP contribution in [0.2, 0.25) is 0 Å². The van der Waals surface area contributed by atoms with Gasteiger partial charge in [0.05, 0.1) is 12.7 Å². The zero-order valence-electron chi connectivity index (χ0n) is 9.78. The van der Waals surface area contributed by atoms with Crippen molar-refractivity contribution >= 4 is 5.97 Å². The molecule has 0 bridgehead atoms. The Morgan fingerprint density at radius 3 is 2.62 bits per heavy atom. The third-order valence-electron chi connectivity index (χ3n) is 3.70. The van der Waals surface area contributed by atoms with Crippen molar-refractivity contribution in [3.63, 3.8) is 0 Å². The van der Waals surface area contributed by atoms with Crippen LogP contribution in [0.4, 0.5) is 0 Å². The van der Waals surface area contributed by atoms with E-state index in [1.165, 1.54) is 0 Å². The summed E-state index contributed by atoms with van der Waals surface area (Å²) < 4.78 is 11.7. The minimum atomic E-state index is -0.694. The van der Waals surface area contributed by atoms with E-state index < -0.39 is 5.97 Å². The van der Waals surface area contributed by atoms with E-state index in [9.17, 15) is 4.79 Å². The first-order valence-corrected chi connectivity index (χ1v) is 6.17. The van der Waals surface area contributed by atoms with Crippen LogP contribution in [0, 0.1) is 5.92 Å². The average Bonchev–Trinajstić information content (AvgIpc) is 2.65. The Kier molecular flexibility index (Phi) is 3.50. The highest BCUT2D eigenvalue weighted by Gasteiger charge is 2.43. The Bertz CT molecular complexity index is 256. The Morgan fingerprint density at radius 1 is 1.44 bits per heavy atom. The Hall–Kier alpha value is -0.610. The number of rotatable bonds is 3. The number of hydrogen-bond donors (Lipinski definition) is 1. The van der Waals surface area contributed by atoms with Gasteiger partial charge < -0.3 is 14.6 Å². The molecule has 92 valence electrons. The lowest BCUT2D eigenvalue weighted by molar-refractivity contribution is -0.193. The highest BCUT2D eigenvalue weighted by Crippen LogP contribution is 2.41. The zero-order valence-corrected chi connectivity index (χ0v) is 9.78. The quantitative estimate of drug-likeness (QED) is 0.804. The molecule has 2 fully saturated rings. The van der Waals surface area contributed by atoms with Gasteiger partial charge in [-0.05, 0) is 25.2 Å². The van der Waals surface area contributed by atoms with Crippen molar-refractivity contribution in [2.24, 2.45) is 5.92 Å². The van der Waals surface area contributed by atoms with Crippen LogP contribution in [0.5, 0.6) is 0 Å². The molecule has 1 saturated carbocycles. The second-order valence-electron chi connectivity index (χ2n) is 4.91. The summed E-state index contributed by atoms with van der Waals surface area (Å²) in [6.07, 6.45) is 5.01. The van der Waals surface area contributed by atoms with Gasteiger partial charge in [0.25, 0.3) is 0 Å². The number of hydrogen-bond acceptors (Lipinski definition) is 3. The van der Waals surface area contributed by atoms with Gasteiger partial charge in [0, 0.05) is 19.3 Å². The van der Waals surface area contributed by atoms with Gasteiger partial charge >= 0.3 is 5.97 Å². The van der Waals surface area contributed by atoms with Crippen LogP contribution >= 0.6 is 0 Å². The molecule has 1 atom stereocenters. The van der Waals surface area contributed by atoms with Crippen LogP contribution in [-0.4, -0.2) is 29.6 Å². The number of aliphatic carboxylic acids is 1. The minimum Gasteiger partial charge on any atom is -0.481 e. The van der Waals surface area contributed by atoms with Crippen LogP contribution in [0.25, 0.3) is 0 Å². The largest absolute Gasteiger partial charge is 0.481 e. The van der Waals surface area contributed by atoms with Gasteiger partial charge in [-0.15, -0.1) is 0 Å². The van der Waals surface area contributed by atoms with Crippen molar-refractivity contribution in [3.8, 4) is 0 Å². The molecule has 0 aromatic heterocycles. The van der Waals surface area contributed by atoms with E-state index in [1.54, 1.807) is 0 Å². The zero-order chi connectivity index (χ0) is 11.6. The molecule has 0 aromatic rings. The highest BCUT2D eigenvalue weighted by molar-refractivity contribution is 5.67. The highest BCUT2D eigenvalue weighted by atomic mass is 16.7.